The van der Waals surface area contributed by atoms with E-state index in [2.05, 4.69) is 10.4 Å². The number of hydrogen-bond acceptors (Lipinski definition) is 3. The summed E-state index contributed by atoms with van der Waals surface area (Å²) in [6.07, 6.45) is 3.03. The van der Waals surface area contributed by atoms with E-state index in [1.807, 2.05) is 0 Å². The third kappa shape index (κ3) is 3.58. The molecular weight excluding hydrogens is 282 g/mol. The number of amides is 1. The van der Waals surface area contributed by atoms with E-state index in [0.29, 0.717) is 16.4 Å². The van der Waals surface area contributed by atoms with E-state index in [1.54, 1.807) is 41.3 Å². The zero-order valence-corrected chi connectivity index (χ0v) is 11.2. The predicted molar refractivity (Wildman–Crippen MR) is 74.1 cm³/mol. The Kier molecular flexibility index (Phi) is 4.37. The molecular formula is C13H12ClN3O3. The number of carbonyl (C=O) groups excluding carboxylic acids is 1. The van der Waals surface area contributed by atoms with Crippen molar-refractivity contribution in [3.63, 3.8) is 0 Å². The maximum absolute atomic E-state index is 11.7. The third-order valence-electron chi connectivity index (χ3n) is 2.55. The molecule has 7 heteroatoms. The van der Waals surface area contributed by atoms with Gasteiger partial charge >= 0.3 is 5.97 Å². The Morgan fingerprint density at radius 3 is 2.80 bits per heavy atom. The lowest BCUT2D eigenvalue weighted by atomic mass is 10.2. The first-order valence-electron chi connectivity index (χ1n) is 5.87. The highest BCUT2D eigenvalue weighted by atomic mass is 35.5. The molecule has 2 rings (SSSR count). The first-order chi connectivity index (χ1) is 9.56. The fourth-order valence-electron chi connectivity index (χ4n) is 1.65. The van der Waals surface area contributed by atoms with Crippen molar-refractivity contribution in [2.45, 2.75) is 12.8 Å². The number of hydrogen-bond donors (Lipinski definition) is 2. The van der Waals surface area contributed by atoms with Crippen molar-refractivity contribution in [2.75, 3.05) is 5.32 Å². The monoisotopic (exact) mass is 293 g/mol. The Morgan fingerprint density at radius 1 is 1.35 bits per heavy atom. The number of aromatic nitrogens is 2. The van der Waals surface area contributed by atoms with Crippen LogP contribution < -0.4 is 5.32 Å². The van der Waals surface area contributed by atoms with Gasteiger partial charge in [-0.15, -0.1) is 0 Å². The lowest BCUT2D eigenvalue weighted by Crippen LogP contribution is -2.15. The normalized spacial score (nSPS) is 10.2. The smallest absolute Gasteiger partial charge is 0.303 e. The lowest BCUT2D eigenvalue weighted by molar-refractivity contribution is -0.138. The Bertz CT molecular complexity index is 626. The van der Waals surface area contributed by atoms with Gasteiger partial charge < -0.3 is 10.4 Å². The van der Waals surface area contributed by atoms with Crippen LogP contribution in [0.1, 0.15) is 12.8 Å². The quantitative estimate of drug-likeness (QED) is 0.886. The molecule has 0 aliphatic rings. The second-order valence-electron chi connectivity index (χ2n) is 4.05. The highest BCUT2D eigenvalue weighted by molar-refractivity contribution is 6.31. The van der Waals surface area contributed by atoms with Crippen LogP contribution in [0.15, 0.2) is 36.7 Å². The Labute approximate surface area is 120 Å². The molecule has 1 heterocycles. The molecule has 20 heavy (non-hydrogen) atoms. The van der Waals surface area contributed by atoms with Crippen LogP contribution in [0.5, 0.6) is 0 Å². The lowest BCUT2D eigenvalue weighted by Gasteiger charge is -2.11. The first kappa shape index (κ1) is 14.1. The molecule has 0 radical (unpaired) electrons. The zero-order chi connectivity index (χ0) is 14.5. The Morgan fingerprint density at radius 2 is 2.15 bits per heavy atom. The van der Waals surface area contributed by atoms with Crippen molar-refractivity contribution in [1.29, 1.82) is 0 Å². The maximum Gasteiger partial charge on any atom is 0.303 e. The topological polar surface area (TPSA) is 84.2 Å². The van der Waals surface area contributed by atoms with E-state index in [1.165, 1.54) is 0 Å². The SMILES string of the molecule is O=C(O)CCC(=O)Nc1cc(Cl)ccc1-n1cccn1. The summed E-state index contributed by atoms with van der Waals surface area (Å²) >= 11 is 5.91. The number of nitrogens with zero attached hydrogens (tertiary/aromatic N) is 2. The van der Waals surface area contributed by atoms with Gasteiger partial charge in [0.05, 0.1) is 17.8 Å². The van der Waals surface area contributed by atoms with Crippen molar-refractivity contribution >= 4 is 29.2 Å². The molecule has 0 fully saturated rings. The number of benzene rings is 1. The summed E-state index contributed by atoms with van der Waals surface area (Å²) < 4.78 is 1.59. The molecule has 2 aromatic rings. The van der Waals surface area contributed by atoms with E-state index in [9.17, 15) is 9.59 Å². The molecule has 0 spiro atoms. The van der Waals surface area contributed by atoms with Gasteiger partial charge in [-0.25, -0.2) is 4.68 Å². The van der Waals surface area contributed by atoms with Gasteiger partial charge in [0, 0.05) is 23.8 Å². The van der Waals surface area contributed by atoms with Gasteiger partial charge in [0.25, 0.3) is 0 Å². The summed E-state index contributed by atoms with van der Waals surface area (Å²) in [7, 11) is 0. The molecule has 1 aromatic heterocycles. The number of halogens is 1. The molecule has 0 saturated heterocycles. The summed E-state index contributed by atoms with van der Waals surface area (Å²) in [4.78, 5) is 22.2. The van der Waals surface area contributed by atoms with E-state index in [-0.39, 0.29) is 18.7 Å². The van der Waals surface area contributed by atoms with Gasteiger partial charge in [-0.3, -0.25) is 9.59 Å². The van der Waals surface area contributed by atoms with Crippen LogP contribution in [0.25, 0.3) is 5.69 Å². The molecule has 0 aliphatic heterocycles. The minimum absolute atomic E-state index is 0.0968. The van der Waals surface area contributed by atoms with Gasteiger partial charge in [0.1, 0.15) is 0 Å². The van der Waals surface area contributed by atoms with Gasteiger partial charge in [-0.1, -0.05) is 11.6 Å². The van der Waals surface area contributed by atoms with Gasteiger partial charge in [0.15, 0.2) is 0 Å². The number of nitrogens with one attached hydrogen (secondary N) is 1. The minimum atomic E-state index is -1.02. The van der Waals surface area contributed by atoms with Crippen molar-refractivity contribution in [1.82, 2.24) is 9.78 Å². The molecule has 6 nitrogen and oxygen atoms in total. The molecule has 1 amide bonds. The highest BCUT2D eigenvalue weighted by Gasteiger charge is 2.11. The highest BCUT2D eigenvalue weighted by Crippen LogP contribution is 2.24. The summed E-state index contributed by atoms with van der Waals surface area (Å²) in [6, 6.07) is 6.76. The summed E-state index contributed by atoms with van der Waals surface area (Å²) in [5.41, 5.74) is 1.14. The summed E-state index contributed by atoms with van der Waals surface area (Å²) in [6.45, 7) is 0. The van der Waals surface area contributed by atoms with Crippen LogP contribution in [-0.4, -0.2) is 26.8 Å². The number of carbonyl (C=O) groups is 2. The average molecular weight is 294 g/mol. The number of carboxylic acid groups (broad SMARTS) is 1. The van der Waals surface area contributed by atoms with Crippen LogP contribution in [0, 0.1) is 0 Å². The molecule has 0 aliphatic carbocycles. The average Bonchev–Trinajstić information content (AvgIpc) is 2.90. The third-order valence-corrected chi connectivity index (χ3v) is 2.78. The second kappa shape index (κ2) is 6.21. The predicted octanol–water partition coefficient (Wildman–Crippen LogP) is 2.33. The van der Waals surface area contributed by atoms with Gasteiger partial charge in [-0.05, 0) is 24.3 Å². The summed E-state index contributed by atoms with van der Waals surface area (Å²) in [5.74, 6) is -1.40. The van der Waals surface area contributed by atoms with Gasteiger partial charge in [-0.2, -0.15) is 5.10 Å². The standard InChI is InChI=1S/C13H12ClN3O3/c14-9-2-3-11(17-7-1-6-15-17)10(8-9)16-12(18)4-5-13(19)20/h1-3,6-8H,4-5H2,(H,16,18)(H,19,20). The Hall–Kier alpha value is -2.34. The Balaban J connectivity index is 2.20. The van der Waals surface area contributed by atoms with E-state index in [0.717, 1.165) is 0 Å². The summed E-state index contributed by atoms with van der Waals surface area (Å²) in [5, 5.41) is 15.8. The molecule has 1 aromatic carbocycles. The zero-order valence-electron chi connectivity index (χ0n) is 10.4. The molecule has 2 N–H and O–H groups in total. The fourth-order valence-corrected chi connectivity index (χ4v) is 1.82. The number of aliphatic carboxylic acids is 1. The van der Waals surface area contributed by atoms with Crippen LogP contribution in [0.4, 0.5) is 5.69 Å². The molecule has 0 saturated carbocycles. The van der Waals surface area contributed by atoms with Gasteiger partial charge in [0.2, 0.25) is 5.91 Å². The molecule has 0 atom stereocenters. The van der Waals surface area contributed by atoms with E-state index >= 15 is 0 Å². The van der Waals surface area contributed by atoms with E-state index in [4.69, 9.17) is 16.7 Å². The first-order valence-corrected chi connectivity index (χ1v) is 6.25. The molecule has 104 valence electrons. The number of carboxylic acids is 1. The van der Waals surface area contributed by atoms with Crippen molar-refractivity contribution in [3.8, 4) is 5.69 Å². The van der Waals surface area contributed by atoms with E-state index < -0.39 is 5.97 Å². The van der Waals surface area contributed by atoms with Crippen molar-refractivity contribution < 1.29 is 14.7 Å². The van der Waals surface area contributed by atoms with Crippen LogP contribution in [0.2, 0.25) is 5.02 Å². The van der Waals surface area contributed by atoms with Crippen LogP contribution in [0.3, 0.4) is 0 Å². The minimum Gasteiger partial charge on any atom is -0.481 e. The van der Waals surface area contributed by atoms with Crippen LogP contribution in [-0.2, 0) is 9.59 Å². The number of rotatable bonds is 5. The molecule has 0 unspecified atom stereocenters. The second-order valence-corrected chi connectivity index (χ2v) is 4.49. The van der Waals surface area contributed by atoms with Crippen molar-refractivity contribution in [2.24, 2.45) is 0 Å². The number of anilines is 1. The van der Waals surface area contributed by atoms with Crippen molar-refractivity contribution in [3.05, 3.63) is 41.7 Å². The molecule has 0 bridgehead atoms. The maximum atomic E-state index is 11.7. The fraction of sp³-hybridized carbons (Fsp3) is 0.154. The van der Waals surface area contributed by atoms with Crippen LogP contribution >= 0.6 is 11.6 Å². The largest absolute Gasteiger partial charge is 0.481 e.